The molecule has 0 amide bonds. The molecule has 4 nitrogen and oxygen atoms in total. The lowest BCUT2D eigenvalue weighted by atomic mass is 10.1. The Morgan fingerprint density at radius 2 is 2.15 bits per heavy atom. The number of thioether (sulfide) groups is 1. The Labute approximate surface area is 122 Å². The summed E-state index contributed by atoms with van der Waals surface area (Å²) in [5, 5.41) is 7.75. The Balaban J connectivity index is 1.67. The van der Waals surface area contributed by atoms with Gasteiger partial charge in [-0.15, -0.1) is 11.8 Å². The number of fused-ring (bicyclic) bond motifs is 1. The van der Waals surface area contributed by atoms with Crippen LogP contribution in [0.4, 0.5) is 0 Å². The number of benzene rings is 1. The Bertz CT molecular complexity index is 639. The van der Waals surface area contributed by atoms with Crippen molar-refractivity contribution >= 4 is 11.8 Å². The van der Waals surface area contributed by atoms with Gasteiger partial charge in [0, 0.05) is 36.2 Å². The van der Waals surface area contributed by atoms with Crippen molar-refractivity contribution in [3.05, 3.63) is 58.0 Å². The Morgan fingerprint density at radius 3 is 3.00 bits per heavy atom. The Hall–Kier alpha value is -1.59. The summed E-state index contributed by atoms with van der Waals surface area (Å²) in [5.74, 6) is 0.855. The van der Waals surface area contributed by atoms with Crippen LogP contribution in [0.1, 0.15) is 11.3 Å². The second-order valence-corrected chi connectivity index (χ2v) is 5.93. The number of hydrogen-bond acceptors (Lipinski definition) is 4. The maximum atomic E-state index is 12.0. The van der Waals surface area contributed by atoms with Crippen LogP contribution < -0.4 is 10.9 Å². The first-order chi connectivity index (χ1) is 9.83. The molecule has 0 unspecified atom stereocenters. The third kappa shape index (κ3) is 3.11. The highest BCUT2D eigenvalue weighted by Gasteiger charge is 2.12. The number of nitrogens with zero attached hydrogens (tertiary/aromatic N) is 2. The predicted octanol–water partition coefficient (Wildman–Crippen LogP) is 1.68. The fraction of sp³-hybridized carbons (Fsp3) is 0.333. The molecule has 1 aliphatic rings. The third-order valence-electron chi connectivity index (χ3n) is 3.33. The summed E-state index contributed by atoms with van der Waals surface area (Å²) in [5.41, 5.74) is 2.11. The topological polar surface area (TPSA) is 46.9 Å². The molecule has 0 aliphatic carbocycles. The minimum atomic E-state index is 0.00103. The molecule has 0 saturated carbocycles. The molecule has 1 N–H and O–H groups in total. The van der Waals surface area contributed by atoms with Gasteiger partial charge < -0.3 is 5.32 Å². The number of aryl methyl sites for hydroxylation is 1. The molecule has 0 fully saturated rings. The summed E-state index contributed by atoms with van der Waals surface area (Å²) in [6.45, 7) is 2.35. The monoisotopic (exact) mass is 287 g/mol. The van der Waals surface area contributed by atoms with Gasteiger partial charge in [0.2, 0.25) is 0 Å². The van der Waals surface area contributed by atoms with Crippen molar-refractivity contribution in [1.82, 2.24) is 15.1 Å². The molecule has 0 radical (unpaired) electrons. The highest BCUT2D eigenvalue weighted by atomic mass is 32.2. The van der Waals surface area contributed by atoms with Crippen molar-refractivity contribution in [2.24, 2.45) is 0 Å². The molecule has 2 aromatic rings. The van der Waals surface area contributed by atoms with Crippen LogP contribution in [0.25, 0.3) is 0 Å². The van der Waals surface area contributed by atoms with Gasteiger partial charge in [-0.1, -0.05) is 18.2 Å². The van der Waals surface area contributed by atoms with E-state index in [2.05, 4.69) is 22.5 Å². The lowest BCUT2D eigenvalue weighted by molar-refractivity contribution is 0.555. The van der Waals surface area contributed by atoms with Crippen LogP contribution in [0.2, 0.25) is 0 Å². The van der Waals surface area contributed by atoms with Crippen molar-refractivity contribution in [2.75, 3.05) is 12.3 Å². The van der Waals surface area contributed by atoms with Crippen molar-refractivity contribution in [2.45, 2.75) is 24.4 Å². The molecular formula is C15H17N3OS. The molecular weight excluding hydrogens is 270 g/mol. The minimum Gasteiger partial charge on any atom is -0.312 e. The second-order valence-electron chi connectivity index (χ2n) is 4.77. The highest BCUT2D eigenvalue weighted by molar-refractivity contribution is 7.99. The van der Waals surface area contributed by atoms with Gasteiger partial charge in [-0.2, -0.15) is 5.10 Å². The van der Waals surface area contributed by atoms with Gasteiger partial charge in [-0.3, -0.25) is 4.79 Å². The molecule has 2 heterocycles. The van der Waals surface area contributed by atoms with Gasteiger partial charge in [0.15, 0.2) is 0 Å². The SMILES string of the molecule is O=c1cc2c(nn1CCSc1ccccc1)CCNC2. The average Bonchev–Trinajstić information content (AvgIpc) is 2.49. The van der Waals surface area contributed by atoms with Crippen LogP contribution >= 0.6 is 11.8 Å². The summed E-state index contributed by atoms with van der Waals surface area (Å²) >= 11 is 1.75. The van der Waals surface area contributed by atoms with Crippen molar-refractivity contribution in [3.8, 4) is 0 Å². The first-order valence-corrected chi connectivity index (χ1v) is 7.80. The molecule has 20 heavy (non-hydrogen) atoms. The molecule has 0 saturated heterocycles. The number of aromatic nitrogens is 2. The lowest BCUT2D eigenvalue weighted by Gasteiger charge is -2.16. The highest BCUT2D eigenvalue weighted by Crippen LogP contribution is 2.16. The maximum absolute atomic E-state index is 12.0. The van der Waals surface area contributed by atoms with E-state index in [-0.39, 0.29) is 5.56 Å². The first kappa shape index (κ1) is 13.4. The van der Waals surface area contributed by atoms with Gasteiger partial charge in [0.25, 0.3) is 5.56 Å². The van der Waals surface area contributed by atoms with Crippen molar-refractivity contribution in [1.29, 1.82) is 0 Å². The Kier molecular flexibility index (Phi) is 4.18. The van der Waals surface area contributed by atoms with E-state index in [0.717, 1.165) is 36.5 Å². The molecule has 1 aliphatic heterocycles. The van der Waals surface area contributed by atoms with Gasteiger partial charge >= 0.3 is 0 Å². The average molecular weight is 287 g/mol. The van der Waals surface area contributed by atoms with Crippen LogP contribution in [0, 0.1) is 0 Å². The fourth-order valence-corrected chi connectivity index (χ4v) is 3.14. The standard InChI is InChI=1S/C15H17N3OS/c19-15-10-12-11-16-7-6-14(12)17-18(15)8-9-20-13-4-2-1-3-5-13/h1-5,10,16H,6-9,11H2. The van der Waals surface area contributed by atoms with E-state index in [1.165, 1.54) is 4.90 Å². The van der Waals surface area contributed by atoms with Gasteiger partial charge in [-0.25, -0.2) is 4.68 Å². The van der Waals surface area contributed by atoms with Gasteiger partial charge in [-0.05, 0) is 17.7 Å². The summed E-state index contributed by atoms with van der Waals surface area (Å²) in [4.78, 5) is 13.2. The molecule has 3 rings (SSSR count). The second kappa shape index (κ2) is 6.24. The van der Waals surface area contributed by atoms with E-state index in [1.807, 2.05) is 18.2 Å². The van der Waals surface area contributed by atoms with E-state index in [0.29, 0.717) is 6.54 Å². The summed E-state index contributed by atoms with van der Waals surface area (Å²) in [6, 6.07) is 11.9. The van der Waals surface area contributed by atoms with Crippen LogP contribution in [-0.2, 0) is 19.5 Å². The fourth-order valence-electron chi connectivity index (χ4n) is 2.29. The van der Waals surface area contributed by atoms with E-state index < -0.39 is 0 Å². The molecule has 0 spiro atoms. The summed E-state index contributed by atoms with van der Waals surface area (Å²) < 4.78 is 1.60. The van der Waals surface area contributed by atoms with E-state index in [4.69, 9.17) is 0 Å². The summed E-state index contributed by atoms with van der Waals surface area (Å²) in [6.07, 6.45) is 0.904. The third-order valence-corrected chi connectivity index (χ3v) is 4.33. The first-order valence-electron chi connectivity index (χ1n) is 6.81. The zero-order chi connectivity index (χ0) is 13.8. The molecule has 104 valence electrons. The largest absolute Gasteiger partial charge is 0.312 e. The molecule has 0 bridgehead atoms. The lowest BCUT2D eigenvalue weighted by Crippen LogP contribution is -2.32. The van der Waals surface area contributed by atoms with Crippen LogP contribution in [-0.4, -0.2) is 22.1 Å². The molecule has 1 aromatic carbocycles. The summed E-state index contributed by atoms with van der Waals surface area (Å²) in [7, 11) is 0. The molecule has 1 aromatic heterocycles. The van der Waals surface area contributed by atoms with E-state index >= 15 is 0 Å². The van der Waals surface area contributed by atoms with Gasteiger partial charge in [0.05, 0.1) is 12.2 Å². The van der Waals surface area contributed by atoms with Crippen LogP contribution in [0.15, 0.2) is 46.1 Å². The zero-order valence-electron chi connectivity index (χ0n) is 11.2. The quantitative estimate of drug-likeness (QED) is 0.869. The van der Waals surface area contributed by atoms with E-state index in [9.17, 15) is 4.79 Å². The number of hydrogen-bond donors (Lipinski definition) is 1. The van der Waals surface area contributed by atoms with E-state index in [1.54, 1.807) is 22.5 Å². The molecule has 0 atom stereocenters. The smallest absolute Gasteiger partial charge is 0.267 e. The van der Waals surface area contributed by atoms with Crippen molar-refractivity contribution in [3.63, 3.8) is 0 Å². The maximum Gasteiger partial charge on any atom is 0.267 e. The van der Waals surface area contributed by atoms with Crippen molar-refractivity contribution < 1.29 is 0 Å². The normalized spacial score (nSPS) is 14.0. The predicted molar refractivity (Wildman–Crippen MR) is 81.1 cm³/mol. The number of nitrogens with one attached hydrogen (secondary N) is 1. The Morgan fingerprint density at radius 1 is 1.30 bits per heavy atom. The minimum absolute atomic E-state index is 0.00103. The van der Waals surface area contributed by atoms with Crippen LogP contribution in [0.5, 0.6) is 0 Å². The van der Waals surface area contributed by atoms with Crippen LogP contribution in [0.3, 0.4) is 0 Å². The number of rotatable bonds is 4. The molecule has 5 heteroatoms. The van der Waals surface area contributed by atoms with Gasteiger partial charge in [0.1, 0.15) is 0 Å². The zero-order valence-corrected chi connectivity index (χ0v) is 12.0.